The van der Waals surface area contributed by atoms with Crippen LogP contribution in [0.25, 0.3) is 5.57 Å². The monoisotopic (exact) mass is 476 g/mol. The SMILES string of the molecule is CC(C)C(=C(OCc1cccc(F)c1)C(=O)N(C)CCN(C)C)c1ccc(S(C)(=O)=O)cc1. The molecule has 0 spiro atoms. The number of hydrogen-bond acceptors (Lipinski definition) is 5. The van der Waals surface area contributed by atoms with E-state index < -0.39 is 9.84 Å². The van der Waals surface area contributed by atoms with E-state index in [4.69, 9.17) is 4.74 Å². The number of rotatable bonds is 10. The summed E-state index contributed by atoms with van der Waals surface area (Å²) < 4.78 is 43.4. The van der Waals surface area contributed by atoms with Crippen molar-refractivity contribution in [1.29, 1.82) is 0 Å². The number of amides is 1. The molecule has 0 aromatic heterocycles. The van der Waals surface area contributed by atoms with E-state index in [0.717, 1.165) is 6.26 Å². The zero-order valence-corrected chi connectivity index (χ0v) is 20.9. The smallest absolute Gasteiger partial charge is 0.289 e. The second-order valence-electron chi connectivity index (χ2n) is 8.64. The molecule has 0 heterocycles. The van der Waals surface area contributed by atoms with Crippen molar-refractivity contribution in [3.8, 4) is 0 Å². The fourth-order valence-corrected chi connectivity index (χ4v) is 3.90. The van der Waals surface area contributed by atoms with Crippen molar-refractivity contribution in [2.75, 3.05) is 40.5 Å². The summed E-state index contributed by atoms with van der Waals surface area (Å²) in [5.74, 6) is -0.592. The molecule has 0 radical (unpaired) electrons. The Bertz CT molecular complexity index is 1090. The fourth-order valence-electron chi connectivity index (χ4n) is 3.27. The van der Waals surface area contributed by atoms with Gasteiger partial charge >= 0.3 is 0 Å². The number of hydrogen-bond donors (Lipinski definition) is 0. The molecule has 1 amide bonds. The zero-order valence-electron chi connectivity index (χ0n) is 20.1. The highest BCUT2D eigenvalue weighted by Gasteiger charge is 2.25. The quantitative estimate of drug-likeness (QED) is 0.385. The molecule has 6 nitrogen and oxygen atoms in total. The number of nitrogens with zero attached hydrogens (tertiary/aromatic N) is 2. The summed E-state index contributed by atoms with van der Waals surface area (Å²) in [4.78, 5) is 17.2. The molecule has 2 aromatic carbocycles. The Morgan fingerprint density at radius 2 is 1.67 bits per heavy atom. The van der Waals surface area contributed by atoms with Crippen molar-refractivity contribution < 1.29 is 22.3 Å². The number of sulfone groups is 1. The van der Waals surface area contributed by atoms with Crippen LogP contribution >= 0.6 is 0 Å². The first-order valence-electron chi connectivity index (χ1n) is 10.7. The van der Waals surface area contributed by atoms with Crippen LogP contribution in [0.4, 0.5) is 4.39 Å². The highest BCUT2D eigenvalue weighted by molar-refractivity contribution is 7.90. The van der Waals surface area contributed by atoms with Crippen molar-refractivity contribution >= 4 is 21.3 Å². The van der Waals surface area contributed by atoms with E-state index in [1.807, 2.05) is 32.8 Å². The molecule has 180 valence electrons. The molecule has 0 saturated heterocycles. The van der Waals surface area contributed by atoms with Crippen molar-refractivity contribution in [3.63, 3.8) is 0 Å². The van der Waals surface area contributed by atoms with E-state index in [1.165, 1.54) is 24.3 Å². The molecule has 0 unspecified atom stereocenters. The number of allylic oxidation sites excluding steroid dienone is 1. The molecule has 0 aliphatic carbocycles. The average Bonchev–Trinajstić information content (AvgIpc) is 2.73. The second kappa shape index (κ2) is 11.4. The van der Waals surface area contributed by atoms with Gasteiger partial charge in [-0.3, -0.25) is 4.79 Å². The van der Waals surface area contributed by atoms with Gasteiger partial charge in [0.15, 0.2) is 15.6 Å². The predicted molar refractivity (Wildman–Crippen MR) is 129 cm³/mol. The zero-order chi connectivity index (χ0) is 24.8. The first-order chi connectivity index (χ1) is 15.4. The minimum absolute atomic E-state index is 0.0258. The minimum atomic E-state index is -3.34. The number of halogens is 1. The largest absolute Gasteiger partial charge is 0.483 e. The molecule has 0 fully saturated rings. The molecule has 0 N–H and O–H groups in total. The van der Waals surface area contributed by atoms with Crippen LogP contribution in [-0.2, 0) is 26.0 Å². The molecule has 0 aliphatic heterocycles. The van der Waals surface area contributed by atoms with Crippen molar-refractivity contribution in [3.05, 3.63) is 71.2 Å². The van der Waals surface area contributed by atoms with Crippen molar-refractivity contribution in [1.82, 2.24) is 9.80 Å². The fraction of sp³-hybridized carbons (Fsp3) is 0.400. The molecule has 8 heteroatoms. The second-order valence-corrected chi connectivity index (χ2v) is 10.7. The van der Waals surface area contributed by atoms with Crippen LogP contribution in [-0.4, -0.2) is 64.6 Å². The number of benzene rings is 2. The van der Waals surface area contributed by atoms with Gasteiger partial charge < -0.3 is 14.5 Å². The minimum Gasteiger partial charge on any atom is -0.483 e. The maximum absolute atomic E-state index is 13.6. The van der Waals surface area contributed by atoms with Gasteiger partial charge in [-0.1, -0.05) is 38.1 Å². The van der Waals surface area contributed by atoms with E-state index >= 15 is 0 Å². The summed E-state index contributed by atoms with van der Waals surface area (Å²) >= 11 is 0. The third-order valence-corrected chi connectivity index (χ3v) is 6.24. The molecule has 2 aromatic rings. The van der Waals surface area contributed by atoms with Gasteiger partial charge in [0.2, 0.25) is 0 Å². The molecular formula is C25H33FN2O4S. The number of ether oxygens (including phenoxy) is 1. The molecule has 0 atom stereocenters. The van der Waals surface area contributed by atoms with Crippen LogP contribution in [0.2, 0.25) is 0 Å². The lowest BCUT2D eigenvalue weighted by Crippen LogP contribution is -2.35. The summed E-state index contributed by atoms with van der Waals surface area (Å²) in [6.45, 7) is 5.09. The highest BCUT2D eigenvalue weighted by Crippen LogP contribution is 2.30. The van der Waals surface area contributed by atoms with Gasteiger partial charge in [-0.05, 0) is 55.4 Å². The Labute approximate surface area is 196 Å². The third kappa shape index (κ3) is 7.68. The Morgan fingerprint density at radius 3 is 2.18 bits per heavy atom. The van der Waals surface area contributed by atoms with Gasteiger partial charge in [-0.2, -0.15) is 0 Å². The van der Waals surface area contributed by atoms with Crippen molar-refractivity contribution in [2.24, 2.45) is 5.92 Å². The number of carbonyl (C=O) groups is 1. The molecule has 0 saturated carbocycles. The summed E-state index contributed by atoms with van der Waals surface area (Å²) in [5.41, 5.74) is 1.96. The van der Waals surface area contributed by atoms with E-state index in [-0.39, 0.29) is 34.9 Å². The topological polar surface area (TPSA) is 66.9 Å². The molecule has 33 heavy (non-hydrogen) atoms. The van der Waals surface area contributed by atoms with Crippen LogP contribution in [0.5, 0.6) is 0 Å². The summed E-state index contributed by atoms with van der Waals surface area (Å²) in [5, 5.41) is 0. The first kappa shape index (κ1) is 26.5. The van der Waals surface area contributed by atoms with E-state index in [2.05, 4.69) is 0 Å². The Hall–Kier alpha value is -2.71. The Morgan fingerprint density at radius 1 is 1.03 bits per heavy atom. The first-order valence-corrected chi connectivity index (χ1v) is 12.6. The molecule has 0 bridgehead atoms. The average molecular weight is 477 g/mol. The maximum atomic E-state index is 13.6. The number of likely N-dealkylation sites (N-methyl/N-ethyl adjacent to an activating group) is 2. The Kier molecular flexibility index (Phi) is 9.19. The van der Waals surface area contributed by atoms with Gasteiger partial charge in [-0.25, -0.2) is 12.8 Å². The van der Waals surface area contributed by atoms with Crippen LogP contribution in [0.1, 0.15) is 25.0 Å². The van der Waals surface area contributed by atoms with Crippen LogP contribution in [0.3, 0.4) is 0 Å². The number of carbonyl (C=O) groups excluding carboxylic acids is 1. The van der Waals surface area contributed by atoms with E-state index in [1.54, 1.807) is 36.2 Å². The van der Waals surface area contributed by atoms with Gasteiger partial charge in [0.05, 0.1) is 4.90 Å². The molecule has 0 aliphatic rings. The van der Waals surface area contributed by atoms with Crippen molar-refractivity contribution in [2.45, 2.75) is 25.3 Å². The molecule has 2 rings (SSSR count). The summed E-state index contributed by atoms with van der Waals surface area (Å²) in [7, 11) is 2.22. The van der Waals surface area contributed by atoms with E-state index in [9.17, 15) is 17.6 Å². The standard InChI is InChI=1S/C25H33FN2O4S/c1-18(2)23(20-10-12-22(13-11-20)33(6,30)31)24(25(29)28(5)15-14-27(3)4)32-17-19-8-7-9-21(26)16-19/h7-13,16,18H,14-15,17H2,1-6H3. The summed E-state index contributed by atoms with van der Waals surface area (Å²) in [6.07, 6.45) is 1.15. The predicted octanol–water partition coefficient (Wildman–Crippen LogP) is 3.83. The lowest BCUT2D eigenvalue weighted by Gasteiger charge is -2.25. The van der Waals surface area contributed by atoms with Gasteiger partial charge in [-0.15, -0.1) is 0 Å². The van der Waals surface area contributed by atoms with Gasteiger partial charge in [0, 0.05) is 32.0 Å². The molecular weight excluding hydrogens is 443 g/mol. The van der Waals surface area contributed by atoms with Gasteiger partial charge in [0.25, 0.3) is 5.91 Å². The lowest BCUT2D eigenvalue weighted by molar-refractivity contribution is -0.129. The third-order valence-electron chi connectivity index (χ3n) is 5.11. The van der Waals surface area contributed by atoms with Crippen LogP contribution < -0.4 is 0 Å². The lowest BCUT2D eigenvalue weighted by atomic mass is 9.93. The van der Waals surface area contributed by atoms with E-state index in [0.29, 0.717) is 29.8 Å². The summed E-state index contributed by atoms with van der Waals surface area (Å²) in [6, 6.07) is 12.5. The van der Waals surface area contributed by atoms with Gasteiger partial charge in [0.1, 0.15) is 12.4 Å². The Balaban J connectivity index is 2.52. The normalized spacial score (nSPS) is 12.6. The van der Waals surface area contributed by atoms with Crippen LogP contribution in [0.15, 0.2) is 59.2 Å². The highest BCUT2D eigenvalue weighted by atomic mass is 32.2. The maximum Gasteiger partial charge on any atom is 0.289 e. The van der Waals surface area contributed by atoms with Crippen LogP contribution in [0, 0.1) is 11.7 Å².